The van der Waals surface area contributed by atoms with Crippen molar-refractivity contribution < 1.29 is 13.9 Å². The lowest BCUT2D eigenvalue weighted by Crippen LogP contribution is -2.21. The number of fused-ring (bicyclic) bond motifs is 1. The van der Waals surface area contributed by atoms with Gasteiger partial charge < -0.3 is 10.1 Å². The molecule has 0 fully saturated rings. The second kappa shape index (κ2) is 6.64. The van der Waals surface area contributed by atoms with Gasteiger partial charge in [-0.25, -0.2) is 9.37 Å². The van der Waals surface area contributed by atoms with Crippen molar-refractivity contribution in [2.24, 2.45) is 0 Å². The lowest BCUT2D eigenvalue weighted by Gasteiger charge is -2.22. The van der Waals surface area contributed by atoms with E-state index in [4.69, 9.17) is 9.72 Å². The lowest BCUT2D eigenvalue weighted by atomic mass is 9.97. The lowest BCUT2D eigenvalue weighted by molar-refractivity contribution is -0.111. The Hall–Kier alpha value is -3.25. The first-order valence-corrected chi connectivity index (χ1v) is 10.4. The number of halogens is 1. The van der Waals surface area contributed by atoms with Crippen LogP contribution in [0.4, 0.5) is 10.1 Å². The summed E-state index contributed by atoms with van der Waals surface area (Å²) in [6.07, 6.45) is 1.92. The third-order valence-electron chi connectivity index (χ3n) is 5.32. The minimum Gasteiger partial charge on any atom is -0.482 e. The molecule has 0 radical (unpaired) electrons. The first-order chi connectivity index (χ1) is 14.3. The maximum Gasteiger partial charge on any atom is 0.260 e. The molecule has 1 amide bonds. The Kier molecular flexibility index (Phi) is 4.15. The van der Waals surface area contributed by atoms with E-state index >= 15 is 0 Å². The highest BCUT2D eigenvalue weighted by Gasteiger charge is 2.39. The Morgan fingerprint density at radius 2 is 1.90 bits per heavy atom. The molecule has 0 aliphatic carbocycles. The van der Waals surface area contributed by atoms with Crippen LogP contribution in [0.1, 0.15) is 30.0 Å². The first-order valence-electron chi connectivity index (χ1n) is 9.63. The van der Waals surface area contributed by atoms with Crippen molar-refractivity contribution in [1.29, 1.82) is 0 Å². The van der Waals surface area contributed by atoms with Gasteiger partial charge in [0.1, 0.15) is 22.2 Å². The minimum atomic E-state index is -0.628. The molecule has 0 atom stereocenters. The Bertz CT molecular complexity index is 1260. The zero-order valence-corrected chi connectivity index (χ0v) is 17.6. The highest BCUT2D eigenvalue weighted by atomic mass is 32.1. The number of allylic oxidation sites excluding steroid dienone is 1. The van der Waals surface area contributed by atoms with Crippen LogP contribution in [0.5, 0.6) is 0 Å². The number of anilines is 1. The Morgan fingerprint density at radius 3 is 2.67 bits per heavy atom. The van der Waals surface area contributed by atoms with Crippen LogP contribution < -0.4 is 5.32 Å². The van der Waals surface area contributed by atoms with Gasteiger partial charge in [0.25, 0.3) is 5.91 Å². The third kappa shape index (κ3) is 2.95. The number of aryl methyl sites for hydroxylation is 1. The molecule has 3 aromatic rings. The van der Waals surface area contributed by atoms with E-state index < -0.39 is 11.4 Å². The fraction of sp³-hybridized carbons (Fsp3) is 0.167. The monoisotopic (exact) mass is 418 g/mol. The largest absolute Gasteiger partial charge is 0.482 e. The van der Waals surface area contributed by atoms with E-state index in [1.54, 1.807) is 17.4 Å². The number of carbonyl (C=O) groups is 1. The molecule has 2 aliphatic rings. The van der Waals surface area contributed by atoms with Gasteiger partial charge in [-0.3, -0.25) is 4.79 Å². The van der Waals surface area contributed by atoms with E-state index in [2.05, 4.69) is 5.32 Å². The van der Waals surface area contributed by atoms with Crippen molar-refractivity contribution in [3.05, 3.63) is 82.3 Å². The summed E-state index contributed by atoms with van der Waals surface area (Å²) in [7, 11) is 0. The van der Waals surface area contributed by atoms with E-state index in [1.807, 2.05) is 57.2 Å². The predicted molar refractivity (Wildman–Crippen MR) is 117 cm³/mol. The molecule has 0 unspecified atom stereocenters. The molecule has 6 heteroatoms. The molecule has 0 saturated carbocycles. The van der Waals surface area contributed by atoms with Gasteiger partial charge in [-0.1, -0.05) is 30.3 Å². The number of aromatic nitrogens is 1. The highest BCUT2D eigenvalue weighted by molar-refractivity contribution is 7.16. The van der Waals surface area contributed by atoms with Crippen molar-refractivity contribution in [3.8, 4) is 10.6 Å². The summed E-state index contributed by atoms with van der Waals surface area (Å²) in [5.74, 6) is -0.185. The Balaban J connectivity index is 1.63. The number of benzene rings is 2. The van der Waals surface area contributed by atoms with Crippen LogP contribution >= 0.6 is 11.3 Å². The summed E-state index contributed by atoms with van der Waals surface area (Å²) in [4.78, 5) is 18.4. The van der Waals surface area contributed by atoms with E-state index in [0.29, 0.717) is 22.6 Å². The van der Waals surface area contributed by atoms with E-state index in [-0.39, 0.29) is 5.91 Å². The van der Waals surface area contributed by atoms with Crippen LogP contribution in [0, 0.1) is 12.7 Å². The Morgan fingerprint density at radius 1 is 1.13 bits per heavy atom. The number of nitrogens with zero attached hydrogens (tertiary/aromatic N) is 1. The van der Waals surface area contributed by atoms with Crippen LogP contribution in [-0.2, 0) is 9.53 Å². The molecule has 3 heterocycles. The van der Waals surface area contributed by atoms with Crippen LogP contribution in [-0.4, -0.2) is 16.5 Å². The SMILES string of the molecule is Cc1nc(-c2ccccc2)sc1C1=C/C(=C2\C(=O)Nc3cc(F)ccc32)OC1(C)C. The van der Waals surface area contributed by atoms with Crippen molar-refractivity contribution >= 4 is 34.1 Å². The van der Waals surface area contributed by atoms with E-state index in [1.165, 1.54) is 12.1 Å². The Labute approximate surface area is 177 Å². The summed E-state index contributed by atoms with van der Waals surface area (Å²) in [5, 5.41) is 3.67. The zero-order valence-electron chi connectivity index (χ0n) is 16.7. The van der Waals surface area contributed by atoms with Gasteiger partial charge in [-0.05, 0) is 45.0 Å². The summed E-state index contributed by atoms with van der Waals surface area (Å²) >= 11 is 1.61. The van der Waals surface area contributed by atoms with Crippen molar-refractivity contribution in [3.63, 3.8) is 0 Å². The molecule has 0 saturated heterocycles. The number of thiazole rings is 1. The molecule has 2 aromatic carbocycles. The number of amides is 1. The topological polar surface area (TPSA) is 51.2 Å². The third-order valence-corrected chi connectivity index (χ3v) is 6.56. The van der Waals surface area contributed by atoms with Gasteiger partial charge in [0.05, 0.1) is 21.8 Å². The van der Waals surface area contributed by atoms with Crippen molar-refractivity contribution in [2.75, 3.05) is 5.32 Å². The fourth-order valence-electron chi connectivity index (χ4n) is 3.87. The molecule has 2 aliphatic heterocycles. The molecule has 1 N–H and O–H groups in total. The van der Waals surface area contributed by atoms with Crippen LogP contribution in [0.3, 0.4) is 0 Å². The van der Waals surface area contributed by atoms with Crippen LogP contribution in [0.15, 0.2) is 60.4 Å². The molecular formula is C24H19FN2O2S. The van der Waals surface area contributed by atoms with E-state index in [9.17, 15) is 9.18 Å². The van der Waals surface area contributed by atoms with Gasteiger partial charge in [0.15, 0.2) is 0 Å². The maximum atomic E-state index is 13.6. The second-order valence-corrected chi connectivity index (χ2v) is 8.85. The van der Waals surface area contributed by atoms with Gasteiger partial charge >= 0.3 is 0 Å². The molecule has 4 nitrogen and oxygen atoms in total. The molecule has 30 heavy (non-hydrogen) atoms. The normalized spacial score (nSPS) is 19.3. The molecule has 0 spiro atoms. The molecule has 1 aromatic heterocycles. The van der Waals surface area contributed by atoms with Crippen LogP contribution in [0.2, 0.25) is 0 Å². The summed E-state index contributed by atoms with van der Waals surface area (Å²) in [6.45, 7) is 5.94. The predicted octanol–water partition coefficient (Wildman–Crippen LogP) is 5.81. The van der Waals surface area contributed by atoms with Crippen molar-refractivity contribution in [1.82, 2.24) is 4.98 Å². The minimum absolute atomic E-state index is 0.287. The average Bonchev–Trinajstić information content (AvgIpc) is 3.33. The number of rotatable bonds is 2. The number of carbonyl (C=O) groups excluding carboxylic acids is 1. The molecule has 0 bridgehead atoms. The molecule has 5 rings (SSSR count). The highest BCUT2D eigenvalue weighted by Crippen LogP contribution is 2.47. The second-order valence-electron chi connectivity index (χ2n) is 7.85. The van der Waals surface area contributed by atoms with E-state index in [0.717, 1.165) is 26.7 Å². The maximum absolute atomic E-state index is 13.6. The summed E-state index contributed by atoms with van der Waals surface area (Å²) in [5.41, 5.74) is 3.88. The fourth-order valence-corrected chi connectivity index (χ4v) is 5.10. The zero-order chi connectivity index (χ0) is 21.0. The van der Waals surface area contributed by atoms with Gasteiger partial charge in [-0.2, -0.15) is 0 Å². The number of hydrogen-bond acceptors (Lipinski definition) is 4. The first kappa shape index (κ1) is 18.8. The van der Waals surface area contributed by atoms with Gasteiger partial charge in [-0.15, -0.1) is 11.3 Å². The molecular weight excluding hydrogens is 399 g/mol. The average molecular weight is 418 g/mol. The summed E-state index contributed by atoms with van der Waals surface area (Å²) < 4.78 is 19.8. The smallest absolute Gasteiger partial charge is 0.260 e. The van der Waals surface area contributed by atoms with Crippen LogP contribution in [0.25, 0.3) is 21.7 Å². The van der Waals surface area contributed by atoms with Gasteiger partial charge in [0.2, 0.25) is 0 Å². The summed E-state index contributed by atoms with van der Waals surface area (Å²) in [6, 6.07) is 14.3. The van der Waals surface area contributed by atoms with Gasteiger partial charge in [0, 0.05) is 16.7 Å². The number of ether oxygens (including phenoxy) is 1. The molecule has 150 valence electrons. The number of nitrogens with one attached hydrogen (secondary N) is 1. The quantitative estimate of drug-likeness (QED) is 0.534. The number of hydrogen-bond donors (Lipinski definition) is 1. The standard InChI is InChI=1S/C24H19FN2O2S/c1-13-21(30-23(26-13)14-7-5-4-6-8-14)17-12-19(29-24(17,2)3)20-16-10-9-15(25)11-18(16)27-22(20)28/h4-12H,1-3H3,(H,27,28)/b20-19+. The van der Waals surface area contributed by atoms with Crippen molar-refractivity contribution in [2.45, 2.75) is 26.4 Å².